The van der Waals surface area contributed by atoms with Gasteiger partial charge in [0.15, 0.2) is 5.78 Å². The number of halogens is 3. The second-order valence-electron chi connectivity index (χ2n) is 15.3. The van der Waals surface area contributed by atoms with E-state index in [0.29, 0.717) is 44.6 Å². The number of esters is 1. The first kappa shape index (κ1) is 38.7. The number of nitrogens with zero attached hydrogens (tertiary/aromatic N) is 3. The van der Waals surface area contributed by atoms with E-state index in [9.17, 15) is 32.3 Å². The average Bonchev–Trinajstić information content (AvgIpc) is 3.81. The van der Waals surface area contributed by atoms with Crippen LogP contribution in [0.15, 0.2) is 36.4 Å². The summed E-state index contributed by atoms with van der Waals surface area (Å²) in [5.41, 5.74) is 6.25. The molecule has 4 atom stereocenters. The number of aryl methyl sites for hydroxylation is 3. The predicted octanol–water partition coefficient (Wildman–Crippen LogP) is 9.40. The zero-order valence-electron chi connectivity index (χ0n) is 32.6. The second kappa shape index (κ2) is 14.2. The maximum Gasteiger partial charge on any atom is 0.416 e. The van der Waals surface area contributed by atoms with Crippen LogP contribution in [-0.4, -0.2) is 55.5 Å². The first-order valence-electron chi connectivity index (χ1n) is 18.8. The molecule has 292 valence electrons. The second-order valence-corrected chi connectivity index (χ2v) is 15.3. The highest BCUT2D eigenvalue weighted by atomic mass is 19.4. The molecule has 8 bridgehead atoms. The summed E-state index contributed by atoms with van der Waals surface area (Å²) in [5.74, 6) is -2.79. The molecular formula is C43H44F3N5O5. The van der Waals surface area contributed by atoms with Gasteiger partial charge in [0.05, 0.1) is 47.1 Å². The van der Waals surface area contributed by atoms with Gasteiger partial charge in [-0.1, -0.05) is 32.4 Å². The molecule has 3 aromatic heterocycles. The lowest BCUT2D eigenvalue weighted by molar-refractivity contribution is -0.141. The number of imide groups is 1. The minimum atomic E-state index is -4.63. The van der Waals surface area contributed by atoms with Crippen LogP contribution < -0.4 is 0 Å². The Morgan fingerprint density at radius 3 is 2.11 bits per heavy atom. The van der Waals surface area contributed by atoms with E-state index in [2.05, 4.69) is 23.8 Å². The Balaban J connectivity index is 1.58. The van der Waals surface area contributed by atoms with Gasteiger partial charge in [-0.15, -0.1) is 0 Å². The molecule has 7 rings (SSSR count). The summed E-state index contributed by atoms with van der Waals surface area (Å²) in [4.78, 5) is 73.0. The average molecular weight is 768 g/mol. The van der Waals surface area contributed by atoms with Gasteiger partial charge < -0.3 is 14.7 Å². The van der Waals surface area contributed by atoms with Crippen molar-refractivity contribution in [1.82, 2.24) is 24.8 Å². The summed E-state index contributed by atoms with van der Waals surface area (Å²) >= 11 is 0. The summed E-state index contributed by atoms with van der Waals surface area (Å²) in [6.45, 7) is 12.4. The van der Waals surface area contributed by atoms with E-state index in [1.807, 2.05) is 32.0 Å². The molecule has 0 radical (unpaired) electrons. The Kier molecular flexibility index (Phi) is 9.78. The first-order chi connectivity index (χ1) is 26.4. The summed E-state index contributed by atoms with van der Waals surface area (Å²) in [6.07, 6.45) is -3.61. The number of hydrogen-bond donors (Lipinski definition) is 2. The van der Waals surface area contributed by atoms with Gasteiger partial charge in [0, 0.05) is 63.8 Å². The van der Waals surface area contributed by atoms with E-state index in [0.717, 1.165) is 40.4 Å². The fourth-order valence-corrected chi connectivity index (χ4v) is 8.75. The number of alkyl halides is 3. The molecule has 13 heteroatoms. The number of nitrogens with one attached hydrogen (secondary N) is 2. The van der Waals surface area contributed by atoms with Crippen molar-refractivity contribution in [2.45, 2.75) is 104 Å². The van der Waals surface area contributed by atoms with Crippen LogP contribution in [0, 0.1) is 20.8 Å². The Labute approximate surface area is 321 Å². The van der Waals surface area contributed by atoms with E-state index in [-0.39, 0.29) is 58.6 Å². The smallest absolute Gasteiger partial charge is 0.416 e. The maximum absolute atomic E-state index is 14.9. The number of ketones is 1. The van der Waals surface area contributed by atoms with Crippen molar-refractivity contribution in [2.75, 3.05) is 7.11 Å². The van der Waals surface area contributed by atoms with E-state index in [1.54, 1.807) is 6.92 Å². The number of aromatic amines is 2. The molecule has 0 saturated heterocycles. The van der Waals surface area contributed by atoms with Crippen LogP contribution in [0.3, 0.4) is 0 Å². The van der Waals surface area contributed by atoms with Gasteiger partial charge in [0.25, 0.3) is 11.8 Å². The Bertz CT molecular complexity index is 2520. The number of carbonyl (C=O) groups is 4. The molecule has 2 amide bonds. The quantitative estimate of drug-likeness (QED) is 0.109. The number of benzene rings is 1. The molecular weight excluding hydrogens is 723 g/mol. The van der Waals surface area contributed by atoms with Gasteiger partial charge in [-0.3, -0.25) is 34.0 Å². The summed E-state index contributed by atoms with van der Waals surface area (Å²) in [7, 11) is 1.30. The fourth-order valence-electron chi connectivity index (χ4n) is 8.75. The number of amides is 2. The van der Waals surface area contributed by atoms with Crippen LogP contribution in [0.2, 0.25) is 0 Å². The van der Waals surface area contributed by atoms with Crippen LogP contribution >= 0.6 is 0 Å². The number of methoxy groups -OCH3 is 1. The van der Waals surface area contributed by atoms with Crippen molar-refractivity contribution in [2.24, 2.45) is 0 Å². The molecule has 0 spiro atoms. The van der Waals surface area contributed by atoms with Crippen LogP contribution in [0.4, 0.5) is 13.2 Å². The van der Waals surface area contributed by atoms with Gasteiger partial charge in [-0.25, -0.2) is 0 Å². The molecule has 0 aliphatic carbocycles. The molecule has 0 saturated carbocycles. The van der Waals surface area contributed by atoms with Crippen molar-refractivity contribution in [3.05, 3.63) is 104 Å². The minimum absolute atomic E-state index is 0.000423. The third-order valence-corrected chi connectivity index (χ3v) is 11.8. The molecule has 0 unspecified atom stereocenters. The molecule has 4 aromatic rings. The number of ether oxygens (including phenoxy) is 1. The Hall–Kier alpha value is -5.59. The monoisotopic (exact) mass is 767 g/mol. The number of H-pyrrole nitrogens is 2. The van der Waals surface area contributed by atoms with Crippen LogP contribution in [0.25, 0.3) is 22.1 Å². The highest BCUT2D eigenvalue weighted by Gasteiger charge is 2.42. The molecule has 6 heterocycles. The molecule has 0 fully saturated rings. The topological polar surface area (TPSA) is 138 Å². The highest BCUT2D eigenvalue weighted by molar-refractivity contribution is 6.23. The Morgan fingerprint density at radius 2 is 1.45 bits per heavy atom. The van der Waals surface area contributed by atoms with Crippen molar-refractivity contribution >= 4 is 45.6 Å². The van der Waals surface area contributed by atoms with E-state index >= 15 is 0 Å². The lowest BCUT2D eigenvalue weighted by atomic mass is 9.84. The van der Waals surface area contributed by atoms with Gasteiger partial charge in [-0.05, 0) is 87.6 Å². The van der Waals surface area contributed by atoms with Crippen molar-refractivity contribution in [1.29, 1.82) is 0 Å². The van der Waals surface area contributed by atoms with Gasteiger partial charge >= 0.3 is 12.1 Å². The lowest BCUT2D eigenvalue weighted by Crippen LogP contribution is -2.40. The molecule has 56 heavy (non-hydrogen) atoms. The number of Topliss-reactive ketones (excluding diaryl/α,β-unsaturated/α-hetero) is 1. The van der Waals surface area contributed by atoms with Gasteiger partial charge in [0.2, 0.25) is 0 Å². The lowest BCUT2D eigenvalue weighted by Gasteiger charge is -2.27. The first-order valence-corrected chi connectivity index (χ1v) is 18.8. The highest BCUT2D eigenvalue weighted by Crippen LogP contribution is 2.45. The summed E-state index contributed by atoms with van der Waals surface area (Å²) in [6, 6.07) is 9.17. The third-order valence-electron chi connectivity index (χ3n) is 11.8. The standard InChI is InChI=1S/C43H44F3N5O5/c1-9-27-20(3)29-17-34-36(24(7)52)22(5)31(48-34)15-30-21(4)28(10-11-35(53)56-8)39(49-30)38-40-37(23(6)32(50-40)16-33(27)47-29)41(54)51(42(38)55)18-25-12-19(2)13-26(14-25)43(44,45)46/h12-17,20-21,27-28,48,50H,9-11,18H2,1-8H3/t20-,21+,27-,28+/m1/s1. The molecule has 3 aliphatic rings. The third kappa shape index (κ3) is 6.50. The van der Waals surface area contributed by atoms with Crippen LogP contribution in [-0.2, 0) is 22.3 Å². The van der Waals surface area contributed by atoms with E-state index in [1.165, 1.54) is 27.0 Å². The van der Waals surface area contributed by atoms with Gasteiger partial charge in [0.1, 0.15) is 0 Å². The van der Waals surface area contributed by atoms with Gasteiger partial charge in [-0.2, -0.15) is 13.2 Å². The van der Waals surface area contributed by atoms with E-state index < -0.39 is 42.0 Å². The van der Waals surface area contributed by atoms with Crippen molar-refractivity contribution in [3.63, 3.8) is 0 Å². The number of aromatic nitrogens is 4. The zero-order chi connectivity index (χ0) is 40.5. The predicted molar refractivity (Wildman–Crippen MR) is 205 cm³/mol. The fraction of sp³-hybridized carbons (Fsp3) is 0.395. The van der Waals surface area contributed by atoms with E-state index in [4.69, 9.17) is 14.7 Å². The normalized spacial score (nSPS) is 19.4. The number of carbonyl (C=O) groups excluding carboxylic acids is 4. The number of hydrogen-bond acceptors (Lipinski definition) is 7. The van der Waals surface area contributed by atoms with Crippen molar-refractivity contribution < 1.29 is 37.1 Å². The summed E-state index contributed by atoms with van der Waals surface area (Å²) < 4.78 is 46.7. The molecule has 3 aliphatic heterocycles. The minimum Gasteiger partial charge on any atom is -0.469 e. The molecule has 10 nitrogen and oxygen atoms in total. The summed E-state index contributed by atoms with van der Waals surface area (Å²) in [5, 5.41) is 0. The largest absolute Gasteiger partial charge is 0.469 e. The number of fused-ring (bicyclic) bond motifs is 8. The molecule has 2 N–H and O–H groups in total. The maximum atomic E-state index is 14.9. The SMILES string of the molecule is CC[C@H]1c2cc3[nH]c4c(c5nc(cc6[nH]c(cc(n2)[C@@H]1C)c(C(C)=O)c6C)[C@@H](C)[C@@H]5CCC(=O)OC)C(=O)N(Cc1cc(C)cc(C(F)(F)F)c1)C(=O)c4c3C. The van der Waals surface area contributed by atoms with Crippen LogP contribution in [0.1, 0.15) is 152 Å². The van der Waals surface area contributed by atoms with Crippen LogP contribution in [0.5, 0.6) is 0 Å². The molecule has 1 aromatic carbocycles. The Morgan fingerprint density at radius 1 is 0.821 bits per heavy atom. The number of rotatable bonds is 7. The van der Waals surface area contributed by atoms with Crippen molar-refractivity contribution in [3.8, 4) is 0 Å². The zero-order valence-corrected chi connectivity index (χ0v) is 32.6.